The lowest BCUT2D eigenvalue weighted by molar-refractivity contribution is 0.112. The van der Waals surface area contributed by atoms with Gasteiger partial charge in [0.15, 0.2) is 5.82 Å². The SMILES string of the molecule is COC(C)c1nc(N)c(C)c(-c2ccccc2)n1. The Balaban J connectivity index is 2.56. The van der Waals surface area contributed by atoms with E-state index in [0.29, 0.717) is 11.6 Å². The number of hydrogen-bond donors (Lipinski definition) is 1. The summed E-state index contributed by atoms with van der Waals surface area (Å²) in [7, 11) is 1.63. The van der Waals surface area contributed by atoms with Crippen molar-refractivity contribution in [2.75, 3.05) is 12.8 Å². The average Bonchev–Trinajstić information content (AvgIpc) is 2.41. The van der Waals surface area contributed by atoms with Gasteiger partial charge in [0.25, 0.3) is 0 Å². The van der Waals surface area contributed by atoms with E-state index in [-0.39, 0.29) is 6.10 Å². The molecular weight excluding hydrogens is 226 g/mol. The van der Waals surface area contributed by atoms with Crippen LogP contribution in [0.15, 0.2) is 30.3 Å². The number of nitrogen functional groups attached to an aromatic ring is 1. The zero-order valence-corrected chi connectivity index (χ0v) is 10.8. The van der Waals surface area contributed by atoms with Crippen molar-refractivity contribution in [2.24, 2.45) is 0 Å². The highest BCUT2D eigenvalue weighted by Gasteiger charge is 2.14. The Bertz CT molecular complexity index is 540. The maximum absolute atomic E-state index is 5.94. The number of ether oxygens (including phenoxy) is 1. The van der Waals surface area contributed by atoms with Crippen LogP contribution < -0.4 is 5.73 Å². The van der Waals surface area contributed by atoms with Crippen molar-refractivity contribution >= 4 is 5.82 Å². The highest BCUT2D eigenvalue weighted by atomic mass is 16.5. The third-order valence-electron chi connectivity index (χ3n) is 2.97. The van der Waals surface area contributed by atoms with Gasteiger partial charge in [-0.2, -0.15) is 0 Å². The van der Waals surface area contributed by atoms with Crippen LogP contribution in [0.1, 0.15) is 24.4 Å². The molecule has 0 aliphatic carbocycles. The first-order valence-electron chi connectivity index (χ1n) is 5.85. The number of nitrogens with two attached hydrogens (primary N) is 1. The molecule has 0 bridgehead atoms. The van der Waals surface area contributed by atoms with E-state index in [1.165, 1.54) is 0 Å². The number of benzene rings is 1. The molecule has 0 amide bonds. The molecule has 1 aromatic carbocycles. The molecule has 2 N–H and O–H groups in total. The van der Waals surface area contributed by atoms with Crippen LogP contribution in [-0.4, -0.2) is 17.1 Å². The summed E-state index contributed by atoms with van der Waals surface area (Å²) in [4.78, 5) is 8.83. The molecule has 2 aromatic rings. The monoisotopic (exact) mass is 243 g/mol. The third kappa shape index (κ3) is 2.33. The lowest BCUT2D eigenvalue weighted by atomic mass is 10.1. The predicted molar refractivity (Wildman–Crippen MR) is 72.0 cm³/mol. The molecule has 4 heteroatoms. The molecule has 0 saturated heterocycles. The van der Waals surface area contributed by atoms with Crippen LogP contribution in [0.25, 0.3) is 11.3 Å². The zero-order chi connectivity index (χ0) is 13.1. The highest BCUT2D eigenvalue weighted by Crippen LogP contribution is 2.26. The van der Waals surface area contributed by atoms with E-state index in [0.717, 1.165) is 16.8 Å². The van der Waals surface area contributed by atoms with E-state index in [1.807, 2.05) is 44.2 Å². The fourth-order valence-electron chi connectivity index (χ4n) is 1.72. The van der Waals surface area contributed by atoms with Crippen molar-refractivity contribution < 1.29 is 4.74 Å². The number of methoxy groups -OCH3 is 1. The van der Waals surface area contributed by atoms with E-state index in [9.17, 15) is 0 Å². The minimum Gasteiger partial charge on any atom is -0.383 e. The highest BCUT2D eigenvalue weighted by molar-refractivity contribution is 5.67. The summed E-state index contributed by atoms with van der Waals surface area (Å²) in [5.41, 5.74) is 8.74. The summed E-state index contributed by atoms with van der Waals surface area (Å²) < 4.78 is 5.24. The maximum atomic E-state index is 5.94. The summed E-state index contributed by atoms with van der Waals surface area (Å²) in [6.07, 6.45) is -0.171. The summed E-state index contributed by atoms with van der Waals surface area (Å²) in [5.74, 6) is 1.11. The van der Waals surface area contributed by atoms with Crippen molar-refractivity contribution in [1.82, 2.24) is 9.97 Å². The second-order valence-electron chi connectivity index (χ2n) is 4.18. The molecule has 0 radical (unpaired) electrons. The van der Waals surface area contributed by atoms with Crippen molar-refractivity contribution in [1.29, 1.82) is 0 Å². The number of aromatic nitrogens is 2. The van der Waals surface area contributed by atoms with Crippen molar-refractivity contribution in [3.63, 3.8) is 0 Å². The van der Waals surface area contributed by atoms with Gasteiger partial charge in [0.2, 0.25) is 0 Å². The van der Waals surface area contributed by atoms with Crippen LogP contribution in [0.2, 0.25) is 0 Å². The van der Waals surface area contributed by atoms with Crippen LogP contribution in [0.4, 0.5) is 5.82 Å². The molecule has 0 saturated carbocycles. The molecule has 0 fully saturated rings. The molecule has 2 rings (SSSR count). The predicted octanol–water partition coefficient (Wildman–Crippen LogP) is 2.74. The molecule has 4 nitrogen and oxygen atoms in total. The summed E-state index contributed by atoms with van der Waals surface area (Å²) in [5, 5.41) is 0. The number of nitrogens with zero attached hydrogens (tertiary/aromatic N) is 2. The lowest BCUT2D eigenvalue weighted by Crippen LogP contribution is -2.08. The normalized spacial score (nSPS) is 12.4. The minimum atomic E-state index is -0.171. The first kappa shape index (κ1) is 12.5. The second-order valence-corrected chi connectivity index (χ2v) is 4.18. The van der Waals surface area contributed by atoms with E-state index in [1.54, 1.807) is 7.11 Å². The fraction of sp³-hybridized carbons (Fsp3) is 0.286. The van der Waals surface area contributed by atoms with Gasteiger partial charge in [-0.25, -0.2) is 9.97 Å². The first-order valence-corrected chi connectivity index (χ1v) is 5.85. The van der Waals surface area contributed by atoms with Gasteiger partial charge >= 0.3 is 0 Å². The molecule has 18 heavy (non-hydrogen) atoms. The summed E-state index contributed by atoms with van der Waals surface area (Å²) >= 11 is 0. The Kier molecular flexibility index (Phi) is 3.58. The average molecular weight is 243 g/mol. The van der Waals surface area contributed by atoms with Crippen molar-refractivity contribution in [3.8, 4) is 11.3 Å². The van der Waals surface area contributed by atoms with Gasteiger partial charge in [0.1, 0.15) is 11.9 Å². The molecule has 0 aliphatic rings. The Morgan fingerprint density at radius 3 is 2.44 bits per heavy atom. The largest absolute Gasteiger partial charge is 0.383 e. The smallest absolute Gasteiger partial charge is 0.159 e. The zero-order valence-electron chi connectivity index (χ0n) is 10.8. The molecule has 1 atom stereocenters. The minimum absolute atomic E-state index is 0.171. The van der Waals surface area contributed by atoms with Gasteiger partial charge < -0.3 is 10.5 Å². The van der Waals surface area contributed by atoms with Gasteiger partial charge in [0.05, 0.1) is 5.69 Å². The van der Waals surface area contributed by atoms with Crippen LogP contribution in [0.5, 0.6) is 0 Å². The Labute approximate surface area is 107 Å². The number of rotatable bonds is 3. The summed E-state index contributed by atoms with van der Waals surface area (Å²) in [6, 6.07) is 9.95. The van der Waals surface area contributed by atoms with Crippen LogP contribution in [0.3, 0.4) is 0 Å². The molecular formula is C14H17N3O. The molecule has 1 heterocycles. The molecule has 1 aromatic heterocycles. The van der Waals surface area contributed by atoms with E-state index < -0.39 is 0 Å². The van der Waals surface area contributed by atoms with Gasteiger partial charge in [-0.3, -0.25) is 0 Å². The lowest BCUT2D eigenvalue weighted by Gasteiger charge is -2.13. The maximum Gasteiger partial charge on any atom is 0.159 e. The first-order chi connectivity index (χ1) is 8.63. The van der Waals surface area contributed by atoms with Gasteiger partial charge in [-0.15, -0.1) is 0 Å². The Morgan fingerprint density at radius 1 is 1.17 bits per heavy atom. The van der Waals surface area contributed by atoms with E-state index >= 15 is 0 Å². The topological polar surface area (TPSA) is 61.0 Å². The van der Waals surface area contributed by atoms with E-state index in [2.05, 4.69) is 9.97 Å². The van der Waals surface area contributed by atoms with Crippen LogP contribution >= 0.6 is 0 Å². The number of hydrogen-bond acceptors (Lipinski definition) is 4. The molecule has 1 unspecified atom stereocenters. The van der Waals surface area contributed by atoms with Crippen LogP contribution in [-0.2, 0) is 4.74 Å². The number of anilines is 1. The molecule has 0 spiro atoms. The Hall–Kier alpha value is -1.94. The summed E-state index contributed by atoms with van der Waals surface area (Å²) in [6.45, 7) is 3.83. The quantitative estimate of drug-likeness (QED) is 0.900. The van der Waals surface area contributed by atoms with Gasteiger partial charge in [-0.1, -0.05) is 30.3 Å². The fourth-order valence-corrected chi connectivity index (χ4v) is 1.72. The third-order valence-corrected chi connectivity index (χ3v) is 2.97. The Morgan fingerprint density at radius 2 is 1.83 bits per heavy atom. The van der Waals surface area contributed by atoms with E-state index in [4.69, 9.17) is 10.5 Å². The molecule has 94 valence electrons. The molecule has 0 aliphatic heterocycles. The van der Waals surface area contributed by atoms with Crippen molar-refractivity contribution in [2.45, 2.75) is 20.0 Å². The van der Waals surface area contributed by atoms with Crippen LogP contribution in [0, 0.1) is 6.92 Å². The van der Waals surface area contributed by atoms with Gasteiger partial charge in [0, 0.05) is 18.2 Å². The second kappa shape index (κ2) is 5.14. The van der Waals surface area contributed by atoms with Crippen molar-refractivity contribution in [3.05, 3.63) is 41.7 Å². The van der Waals surface area contributed by atoms with Gasteiger partial charge in [-0.05, 0) is 13.8 Å². The standard InChI is InChI=1S/C14H17N3O/c1-9-12(11-7-5-4-6-8-11)16-14(10(2)18-3)17-13(9)15/h4-8,10H,1-3H3,(H2,15,16,17).